The molecule has 2 aliphatic rings. The van der Waals surface area contributed by atoms with Gasteiger partial charge in [0.05, 0.1) is 18.6 Å². The summed E-state index contributed by atoms with van der Waals surface area (Å²) in [6, 6.07) is 15.6. The van der Waals surface area contributed by atoms with Gasteiger partial charge >= 0.3 is 0 Å². The van der Waals surface area contributed by atoms with Crippen LogP contribution in [-0.2, 0) is 11.3 Å². The Hall–Kier alpha value is -2.57. The van der Waals surface area contributed by atoms with E-state index in [1.165, 1.54) is 11.8 Å². The average Bonchev–Trinajstić information content (AvgIpc) is 2.96. The van der Waals surface area contributed by atoms with Gasteiger partial charge < -0.3 is 9.47 Å². The van der Waals surface area contributed by atoms with Crippen molar-refractivity contribution < 1.29 is 14.3 Å². The number of amides is 1. The minimum absolute atomic E-state index is 0.0663. The lowest BCUT2D eigenvalue weighted by atomic mass is 10.0. The van der Waals surface area contributed by atoms with E-state index in [9.17, 15) is 4.79 Å². The van der Waals surface area contributed by atoms with Crippen LogP contribution in [0.1, 0.15) is 18.1 Å². The Bertz CT molecular complexity index is 998. The van der Waals surface area contributed by atoms with Crippen LogP contribution in [0, 0.1) is 0 Å². The van der Waals surface area contributed by atoms with Gasteiger partial charge in [-0.1, -0.05) is 66.4 Å². The number of fused-ring (bicyclic) bond motifs is 1. The molecule has 2 aromatic carbocycles. The third-order valence-corrected chi connectivity index (χ3v) is 6.05. The number of thioether (sulfide) groups is 1. The molecule has 0 spiro atoms. The second kappa shape index (κ2) is 7.81. The molecule has 0 radical (unpaired) electrons. The van der Waals surface area contributed by atoms with Gasteiger partial charge in [-0.2, -0.15) is 0 Å². The second-order valence-electron chi connectivity index (χ2n) is 6.54. The Balaban J connectivity index is 1.61. The monoisotopic (exact) mass is 409 g/mol. The molecule has 2 aromatic rings. The minimum Gasteiger partial charge on any atom is -0.493 e. The zero-order valence-electron chi connectivity index (χ0n) is 15.5. The first-order valence-electron chi connectivity index (χ1n) is 8.91. The third kappa shape index (κ3) is 3.57. The highest BCUT2D eigenvalue weighted by Crippen LogP contribution is 2.40. The van der Waals surface area contributed by atoms with Crippen LogP contribution >= 0.6 is 24.0 Å². The number of hydrogen-bond acceptors (Lipinski definition) is 5. The predicted molar refractivity (Wildman–Crippen MR) is 116 cm³/mol. The molecule has 1 unspecified atom stereocenters. The minimum atomic E-state index is -0.193. The molecule has 2 heterocycles. The summed E-state index contributed by atoms with van der Waals surface area (Å²) in [5.41, 5.74) is 2.92. The van der Waals surface area contributed by atoms with Crippen LogP contribution in [0.4, 0.5) is 0 Å². The lowest BCUT2D eigenvalue weighted by Crippen LogP contribution is -2.27. The summed E-state index contributed by atoms with van der Waals surface area (Å²) < 4.78 is 12.0. The Morgan fingerprint density at radius 1 is 1.21 bits per heavy atom. The van der Waals surface area contributed by atoms with Crippen molar-refractivity contribution in [2.75, 3.05) is 7.11 Å². The van der Waals surface area contributed by atoms with E-state index in [0.717, 1.165) is 22.4 Å². The average molecular weight is 410 g/mol. The Labute approximate surface area is 173 Å². The summed E-state index contributed by atoms with van der Waals surface area (Å²) in [7, 11) is 1.63. The largest absolute Gasteiger partial charge is 0.493 e. The number of benzene rings is 2. The van der Waals surface area contributed by atoms with E-state index < -0.39 is 0 Å². The fourth-order valence-corrected chi connectivity index (χ4v) is 4.44. The van der Waals surface area contributed by atoms with Crippen LogP contribution in [0.3, 0.4) is 0 Å². The molecule has 4 rings (SSSR count). The molecule has 1 amide bonds. The highest BCUT2D eigenvalue weighted by Gasteiger charge is 2.33. The van der Waals surface area contributed by atoms with E-state index in [0.29, 0.717) is 21.5 Å². The van der Waals surface area contributed by atoms with Crippen molar-refractivity contribution in [1.29, 1.82) is 0 Å². The van der Waals surface area contributed by atoms with Gasteiger partial charge in [0.25, 0.3) is 5.91 Å². The molecule has 0 N–H and O–H groups in total. The van der Waals surface area contributed by atoms with Gasteiger partial charge in [-0.25, -0.2) is 0 Å². The topological polar surface area (TPSA) is 38.8 Å². The lowest BCUT2D eigenvalue weighted by molar-refractivity contribution is -0.122. The summed E-state index contributed by atoms with van der Waals surface area (Å²) in [6.45, 7) is 2.44. The van der Waals surface area contributed by atoms with Gasteiger partial charge in [0, 0.05) is 5.56 Å². The Morgan fingerprint density at radius 3 is 2.75 bits per heavy atom. The van der Waals surface area contributed by atoms with Crippen molar-refractivity contribution in [3.63, 3.8) is 0 Å². The normalized spacial score (nSPS) is 20.1. The summed E-state index contributed by atoms with van der Waals surface area (Å²) in [4.78, 5) is 15.2. The van der Waals surface area contributed by atoms with Crippen LogP contribution < -0.4 is 9.47 Å². The van der Waals surface area contributed by atoms with E-state index in [4.69, 9.17) is 21.7 Å². The highest BCUT2D eigenvalue weighted by molar-refractivity contribution is 8.26. The quantitative estimate of drug-likeness (QED) is 0.536. The number of methoxy groups -OCH3 is 1. The zero-order chi connectivity index (χ0) is 19.7. The number of thiocarbonyl (C=S) groups is 1. The second-order valence-corrected chi connectivity index (χ2v) is 8.21. The fourth-order valence-electron chi connectivity index (χ4n) is 3.19. The molecule has 0 aromatic heterocycles. The predicted octanol–water partition coefficient (Wildman–Crippen LogP) is 4.80. The summed E-state index contributed by atoms with van der Waals surface area (Å²) in [5.74, 6) is 1.36. The smallest absolute Gasteiger partial charge is 0.266 e. The number of hydrogen-bond donors (Lipinski definition) is 0. The van der Waals surface area contributed by atoms with Crippen molar-refractivity contribution in [3.8, 4) is 11.5 Å². The van der Waals surface area contributed by atoms with Crippen LogP contribution in [0.5, 0.6) is 11.5 Å². The summed E-state index contributed by atoms with van der Waals surface area (Å²) in [5, 5.41) is 0. The van der Waals surface area contributed by atoms with Gasteiger partial charge in [-0.15, -0.1) is 0 Å². The standard InChI is InChI=1S/C22H19NO3S2/c1-14-17(11-16-9-6-10-18(25-2)20(16)26-14)12-19-21(24)23(22(27)28-19)13-15-7-4-3-5-8-15/h3-12,14H,13H2,1-2H3. The Kier molecular flexibility index (Phi) is 5.24. The first-order chi connectivity index (χ1) is 13.6. The first kappa shape index (κ1) is 18.8. The van der Waals surface area contributed by atoms with Gasteiger partial charge in [0.15, 0.2) is 11.5 Å². The molecule has 0 bridgehead atoms. The number of carbonyl (C=O) groups is 1. The number of carbonyl (C=O) groups excluding carboxylic acids is 1. The van der Waals surface area contributed by atoms with E-state index in [1.807, 2.05) is 67.6 Å². The maximum atomic E-state index is 12.9. The molecule has 2 aliphatic heterocycles. The zero-order valence-corrected chi connectivity index (χ0v) is 17.2. The van der Waals surface area contributed by atoms with Crippen LogP contribution in [0.2, 0.25) is 0 Å². The molecule has 1 atom stereocenters. The summed E-state index contributed by atoms with van der Waals surface area (Å²) >= 11 is 6.78. The van der Waals surface area contributed by atoms with E-state index in [1.54, 1.807) is 12.0 Å². The molecular weight excluding hydrogens is 390 g/mol. The van der Waals surface area contributed by atoms with Gasteiger partial charge in [-0.05, 0) is 36.3 Å². The van der Waals surface area contributed by atoms with Crippen molar-refractivity contribution in [3.05, 3.63) is 76.2 Å². The number of ether oxygens (including phenoxy) is 2. The van der Waals surface area contributed by atoms with E-state index in [2.05, 4.69) is 0 Å². The molecule has 1 saturated heterocycles. The lowest BCUT2D eigenvalue weighted by Gasteiger charge is -2.24. The first-order valence-corrected chi connectivity index (χ1v) is 10.1. The molecule has 0 saturated carbocycles. The van der Waals surface area contributed by atoms with Crippen molar-refractivity contribution in [2.45, 2.75) is 19.6 Å². The number of para-hydroxylation sites is 1. The maximum absolute atomic E-state index is 12.9. The number of rotatable bonds is 4. The molecule has 4 nitrogen and oxygen atoms in total. The molecule has 0 aliphatic carbocycles. The van der Waals surface area contributed by atoms with Crippen molar-refractivity contribution >= 4 is 40.3 Å². The van der Waals surface area contributed by atoms with E-state index in [-0.39, 0.29) is 12.0 Å². The molecular formula is C22H19NO3S2. The van der Waals surface area contributed by atoms with Crippen molar-refractivity contribution in [2.24, 2.45) is 0 Å². The molecule has 142 valence electrons. The van der Waals surface area contributed by atoms with Gasteiger partial charge in [0.2, 0.25) is 0 Å². The van der Waals surface area contributed by atoms with Gasteiger partial charge in [-0.3, -0.25) is 9.69 Å². The number of nitrogens with zero attached hydrogens (tertiary/aromatic N) is 1. The summed E-state index contributed by atoms with van der Waals surface area (Å²) in [6.07, 6.45) is 3.73. The van der Waals surface area contributed by atoms with Crippen molar-refractivity contribution in [1.82, 2.24) is 4.90 Å². The SMILES string of the molecule is COc1cccc2c1OC(C)C(C=C1SC(=S)N(Cc3ccccc3)C1=O)=C2. The highest BCUT2D eigenvalue weighted by atomic mass is 32.2. The Morgan fingerprint density at radius 2 is 2.00 bits per heavy atom. The molecule has 1 fully saturated rings. The van der Waals surface area contributed by atoms with Crippen LogP contribution in [0.25, 0.3) is 6.08 Å². The van der Waals surface area contributed by atoms with Gasteiger partial charge in [0.1, 0.15) is 10.4 Å². The van der Waals surface area contributed by atoms with Crippen LogP contribution in [-0.4, -0.2) is 28.3 Å². The third-order valence-electron chi connectivity index (χ3n) is 4.67. The fraction of sp³-hybridized carbons (Fsp3) is 0.182. The molecule has 28 heavy (non-hydrogen) atoms. The molecule has 6 heteroatoms. The van der Waals surface area contributed by atoms with E-state index >= 15 is 0 Å². The maximum Gasteiger partial charge on any atom is 0.266 e. The van der Waals surface area contributed by atoms with Crippen LogP contribution in [0.15, 0.2) is 65.1 Å².